The Hall–Kier alpha value is -3.09. The number of ether oxygens (including phenoxy) is 1. The van der Waals surface area contributed by atoms with Crippen molar-refractivity contribution >= 4 is 51.9 Å². The zero-order valence-electron chi connectivity index (χ0n) is 20.7. The standard InChI is InChI=1S/C27H30Cl2N6O2/c1-18(32-21-2-4-24(28)25(29)15-21)23(17-31)27(36)33-20-3-5-26(19(14-20)16-30)35-8-6-22(7-9-35)34-10-12-37-13-11-34/h2-5,14-15,17,22H,6-13,31H2,1H3,(H,33,36). The van der Waals surface area contributed by atoms with E-state index in [4.69, 9.17) is 33.7 Å². The number of carbonyl (C=O) groups excluding carboxylic acids is 1. The van der Waals surface area contributed by atoms with Crippen LogP contribution in [0.3, 0.4) is 0 Å². The summed E-state index contributed by atoms with van der Waals surface area (Å²) in [5.41, 5.74) is 8.84. The van der Waals surface area contributed by atoms with Gasteiger partial charge in [-0.2, -0.15) is 5.26 Å². The Bertz CT molecular complexity index is 1240. The molecule has 0 spiro atoms. The molecule has 194 valence electrons. The molecule has 2 fully saturated rings. The average molecular weight is 541 g/mol. The molecule has 2 aliphatic heterocycles. The third kappa shape index (κ3) is 6.62. The lowest BCUT2D eigenvalue weighted by atomic mass is 10.0. The predicted octanol–water partition coefficient (Wildman–Crippen LogP) is 4.74. The Balaban J connectivity index is 1.42. The van der Waals surface area contributed by atoms with Crippen LogP contribution in [0.1, 0.15) is 25.3 Å². The quantitative estimate of drug-likeness (QED) is 0.404. The topological polar surface area (TPSA) is 107 Å². The molecule has 2 heterocycles. The number of benzene rings is 2. The Labute approximate surface area is 227 Å². The number of aliphatic imine (C=N–C) groups is 1. The minimum Gasteiger partial charge on any atom is -0.404 e. The zero-order valence-corrected chi connectivity index (χ0v) is 22.2. The number of hydrogen-bond donors (Lipinski definition) is 2. The molecule has 1 amide bonds. The molecule has 10 heteroatoms. The van der Waals surface area contributed by atoms with Gasteiger partial charge < -0.3 is 20.7 Å². The van der Waals surface area contributed by atoms with Crippen LogP contribution in [0, 0.1) is 11.3 Å². The number of hydrogen-bond acceptors (Lipinski definition) is 7. The lowest BCUT2D eigenvalue weighted by molar-refractivity contribution is -0.112. The molecule has 3 N–H and O–H groups in total. The molecule has 2 saturated heterocycles. The number of nitrogens with one attached hydrogen (secondary N) is 1. The van der Waals surface area contributed by atoms with E-state index in [-0.39, 0.29) is 5.57 Å². The minimum absolute atomic E-state index is 0.207. The number of nitriles is 1. The second-order valence-electron chi connectivity index (χ2n) is 9.04. The highest BCUT2D eigenvalue weighted by Gasteiger charge is 2.27. The maximum absolute atomic E-state index is 13.0. The lowest BCUT2D eigenvalue weighted by Gasteiger charge is -2.41. The van der Waals surface area contributed by atoms with Crippen LogP contribution >= 0.6 is 23.2 Å². The molecule has 2 aromatic rings. The number of carbonyl (C=O) groups is 1. The Morgan fingerprint density at radius 2 is 1.86 bits per heavy atom. The number of rotatable bonds is 6. The summed E-state index contributed by atoms with van der Waals surface area (Å²) in [5.74, 6) is -0.424. The first-order valence-corrected chi connectivity index (χ1v) is 13.0. The van der Waals surface area contributed by atoms with E-state index >= 15 is 0 Å². The Kier molecular flexibility index (Phi) is 9.06. The van der Waals surface area contributed by atoms with Gasteiger partial charge in [0, 0.05) is 44.1 Å². The molecule has 2 aromatic carbocycles. The van der Waals surface area contributed by atoms with Gasteiger partial charge in [-0.3, -0.25) is 14.7 Å². The molecule has 0 aliphatic carbocycles. The van der Waals surface area contributed by atoms with Crippen molar-refractivity contribution in [3.8, 4) is 6.07 Å². The molecule has 0 radical (unpaired) electrons. The number of nitrogens with two attached hydrogens (primary N) is 1. The van der Waals surface area contributed by atoms with Crippen molar-refractivity contribution in [3.63, 3.8) is 0 Å². The van der Waals surface area contributed by atoms with E-state index in [9.17, 15) is 10.1 Å². The average Bonchev–Trinajstić information content (AvgIpc) is 2.91. The summed E-state index contributed by atoms with van der Waals surface area (Å²) >= 11 is 12.0. The minimum atomic E-state index is -0.424. The third-order valence-corrected chi connectivity index (χ3v) is 7.48. The number of piperidine rings is 1. The van der Waals surface area contributed by atoms with Crippen molar-refractivity contribution in [1.82, 2.24) is 4.90 Å². The maximum Gasteiger partial charge on any atom is 0.258 e. The maximum atomic E-state index is 13.0. The largest absolute Gasteiger partial charge is 0.404 e. The molecule has 0 bridgehead atoms. The van der Waals surface area contributed by atoms with Crippen molar-refractivity contribution in [3.05, 3.63) is 63.8 Å². The number of morpholine rings is 1. The van der Waals surface area contributed by atoms with Gasteiger partial charge in [-0.05, 0) is 56.2 Å². The first kappa shape index (κ1) is 27.0. The molecule has 2 aliphatic rings. The smallest absolute Gasteiger partial charge is 0.258 e. The Morgan fingerprint density at radius 1 is 1.14 bits per heavy atom. The lowest BCUT2D eigenvalue weighted by Crippen LogP contribution is -2.49. The number of anilines is 2. The summed E-state index contributed by atoms with van der Waals surface area (Å²) < 4.78 is 5.48. The summed E-state index contributed by atoms with van der Waals surface area (Å²) in [6.07, 6.45) is 3.31. The fourth-order valence-corrected chi connectivity index (χ4v) is 5.05. The Morgan fingerprint density at radius 3 is 2.51 bits per heavy atom. The molecule has 0 aromatic heterocycles. The van der Waals surface area contributed by atoms with Gasteiger partial charge in [-0.15, -0.1) is 0 Å². The number of amides is 1. The van der Waals surface area contributed by atoms with Crippen LogP contribution in [0.15, 0.2) is 53.2 Å². The summed E-state index contributed by atoms with van der Waals surface area (Å²) in [5, 5.41) is 13.5. The van der Waals surface area contributed by atoms with Gasteiger partial charge in [0.15, 0.2) is 0 Å². The molecule has 0 atom stereocenters. The van der Waals surface area contributed by atoms with Crippen LogP contribution in [0.4, 0.5) is 17.1 Å². The summed E-state index contributed by atoms with van der Waals surface area (Å²) in [6, 6.07) is 13.2. The van der Waals surface area contributed by atoms with Crippen LogP contribution in [0.5, 0.6) is 0 Å². The number of halogens is 2. The van der Waals surface area contributed by atoms with Crippen molar-refractivity contribution < 1.29 is 9.53 Å². The summed E-state index contributed by atoms with van der Waals surface area (Å²) in [7, 11) is 0. The van der Waals surface area contributed by atoms with Crippen molar-refractivity contribution in [2.24, 2.45) is 10.7 Å². The van der Waals surface area contributed by atoms with Gasteiger partial charge in [-0.25, -0.2) is 0 Å². The summed E-state index contributed by atoms with van der Waals surface area (Å²) in [4.78, 5) is 22.2. The van der Waals surface area contributed by atoms with Crippen LogP contribution < -0.4 is 16.0 Å². The van der Waals surface area contributed by atoms with Gasteiger partial charge >= 0.3 is 0 Å². The van der Waals surface area contributed by atoms with Crippen molar-refractivity contribution in [2.45, 2.75) is 25.8 Å². The van der Waals surface area contributed by atoms with Gasteiger partial charge in [0.1, 0.15) is 6.07 Å². The van der Waals surface area contributed by atoms with E-state index in [0.29, 0.717) is 38.7 Å². The molecule has 37 heavy (non-hydrogen) atoms. The van der Waals surface area contributed by atoms with Gasteiger partial charge in [0.05, 0.1) is 51.5 Å². The zero-order chi connectivity index (χ0) is 26.4. The van der Waals surface area contributed by atoms with Crippen LogP contribution in [-0.4, -0.2) is 62.0 Å². The van der Waals surface area contributed by atoms with E-state index < -0.39 is 5.91 Å². The van der Waals surface area contributed by atoms with E-state index in [0.717, 1.165) is 57.9 Å². The van der Waals surface area contributed by atoms with E-state index in [1.54, 1.807) is 31.2 Å². The molecular weight excluding hydrogens is 511 g/mol. The summed E-state index contributed by atoms with van der Waals surface area (Å²) in [6.45, 7) is 7.02. The third-order valence-electron chi connectivity index (χ3n) is 6.74. The fourth-order valence-electron chi connectivity index (χ4n) is 4.76. The second kappa shape index (κ2) is 12.4. The SMILES string of the molecule is CC(=Nc1ccc(Cl)c(Cl)c1)C(=CN)C(=O)Nc1ccc(N2CCC(N3CCOCC3)CC2)c(C#N)c1. The first-order chi connectivity index (χ1) is 17.9. The molecule has 8 nitrogen and oxygen atoms in total. The molecule has 4 rings (SSSR count). The van der Waals surface area contributed by atoms with Crippen LogP contribution in [0.2, 0.25) is 10.0 Å². The molecule has 0 unspecified atom stereocenters. The highest BCUT2D eigenvalue weighted by atomic mass is 35.5. The van der Waals surface area contributed by atoms with E-state index in [2.05, 4.69) is 26.2 Å². The molecule has 0 saturated carbocycles. The molecular formula is C27H30Cl2N6O2. The van der Waals surface area contributed by atoms with Crippen LogP contribution in [0.25, 0.3) is 0 Å². The normalized spacial score (nSPS) is 17.9. The first-order valence-electron chi connectivity index (χ1n) is 12.2. The van der Waals surface area contributed by atoms with E-state index in [1.807, 2.05) is 12.1 Å². The van der Waals surface area contributed by atoms with E-state index in [1.165, 1.54) is 6.20 Å². The predicted molar refractivity (Wildman–Crippen MR) is 149 cm³/mol. The van der Waals surface area contributed by atoms with Gasteiger partial charge in [0.25, 0.3) is 5.91 Å². The van der Waals surface area contributed by atoms with Crippen LogP contribution in [-0.2, 0) is 9.53 Å². The highest BCUT2D eigenvalue weighted by molar-refractivity contribution is 6.42. The van der Waals surface area contributed by atoms with Crippen molar-refractivity contribution in [2.75, 3.05) is 49.6 Å². The van der Waals surface area contributed by atoms with Gasteiger partial charge in [0.2, 0.25) is 0 Å². The van der Waals surface area contributed by atoms with Crippen molar-refractivity contribution in [1.29, 1.82) is 5.26 Å². The fraction of sp³-hybridized carbons (Fsp3) is 0.370. The number of nitrogens with zero attached hydrogens (tertiary/aromatic N) is 4. The monoisotopic (exact) mass is 540 g/mol. The second-order valence-corrected chi connectivity index (χ2v) is 9.85. The highest BCUT2D eigenvalue weighted by Crippen LogP contribution is 2.29. The van der Waals surface area contributed by atoms with Gasteiger partial charge in [-0.1, -0.05) is 23.2 Å².